The van der Waals surface area contributed by atoms with Gasteiger partial charge in [-0.1, -0.05) is 12.1 Å². The molecule has 1 fully saturated rings. The van der Waals surface area contributed by atoms with Gasteiger partial charge in [0.1, 0.15) is 0 Å². The number of fused-ring (bicyclic) bond motifs is 1. The van der Waals surface area contributed by atoms with E-state index in [1.165, 1.54) is 30.4 Å². The van der Waals surface area contributed by atoms with Crippen LogP contribution in [0.15, 0.2) is 18.2 Å². The third-order valence-corrected chi connectivity index (χ3v) is 4.25. The number of nitrogens with zero attached hydrogens (tertiary/aromatic N) is 1. The molecule has 0 aromatic heterocycles. The number of anilines is 1. The highest BCUT2D eigenvalue weighted by Gasteiger charge is 2.32. The normalized spacial score (nSPS) is 28.5. The summed E-state index contributed by atoms with van der Waals surface area (Å²) in [4.78, 5) is 2.56. The minimum absolute atomic E-state index is 0.459. The van der Waals surface area contributed by atoms with Crippen molar-refractivity contribution in [3.05, 3.63) is 29.3 Å². The van der Waals surface area contributed by atoms with Crippen molar-refractivity contribution in [3.8, 4) is 0 Å². The standard InChI is InChI=1S/C14H20N2O/c1-17-12-6-5-11(7-12)16-8-10-3-2-4-14(15)13(10)9-16/h2-4,11-12H,5-9,15H2,1H3. The van der Waals surface area contributed by atoms with Gasteiger partial charge in [-0.15, -0.1) is 0 Å². The van der Waals surface area contributed by atoms with Gasteiger partial charge < -0.3 is 10.5 Å². The molecule has 0 amide bonds. The molecule has 0 radical (unpaired) electrons. The van der Waals surface area contributed by atoms with E-state index in [0.29, 0.717) is 12.1 Å². The second-order valence-corrected chi connectivity index (χ2v) is 5.21. The Balaban J connectivity index is 1.72. The largest absolute Gasteiger partial charge is 0.398 e. The van der Waals surface area contributed by atoms with Crippen LogP contribution in [-0.2, 0) is 17.8 Å². The van der Waals surface area contributed by atoms with Crippen LogP contribution in [0.3, 0.4) is 0 Å². The number of hydrogen-bond donors (Lipinski definition) is 1. The van der Waals surface area contributed by atoms with Gasteiger partial charge in [-0.25, -0.2) is 0 Å². The van der Waals surface area contributed by atoms with E-state index in [2.05, 4.69) is 17.0 Å². The van der Waals surface area contributed by atoms with Crippen LogP contribution in [0.1, 0.15) is 30.4 Å². The molecule has 0 saturated heterocycles. The molecule has 1 saturated carbocycles. The predicted octanol–water partition coefficient (Wildman–Crippen LogP) is 2.15. The Kier molecular flexibility index (Phi) is 2.81. The lowest BCUT2D eigenvalue weighted by atomic mass is 10.1. The lowest BCUT2D eigenvalue weighted by molar-refractivity contribution is 0.0961. The number of hydrogen-bond acceptors (Lipinski definition) is 3. The van der Waals surface area contributed by atoms with Crippen molar-refractivity contribution in [2.75, 3.05) is 12.8 Å². The van der Waals surface area contributed by atoms with E-state index in [0.717, 1.165) is 18.8 Å². The van der Waals surface area contributed by atoms with Crippen molar-refractivity contribution >= 4 is 5.69 Å². The molecule has 3 heteroatoms. The second-order valence-electron chi connectivity index (χ2n) is 5.21. The Morgan fingerprint density at radius 3 is 2.88 bits per heavy atom. The fourth-order valence-corrected chi connectivity index (χ4v) is 3.19. The summed E-state index contributed by atoms with van der Waals surface area (Å²) in [5, 5.41) is 0. The summed E-state index contributed by atoms with van der Waals surface area (Å²) < 4.78 is 5.45. The van der Waals surface area contributed by atoms with Crippen LogP contribution in [0, 0.1) is 0 Å². The molecule has 0 bridgehead atoms. The van der Waals surface area contributed by atoms with E-state index in [4.69, 9.17) is 10.5 Å². The monoisotopic (exact) mass is 232 g/mol. The highest BCUT2D eigenvalue weighted by Crippen LogP contribution is 2.34. The molecule has 1 aliphatic heterocycles. The lowest BCUT2D eigenvalue weighted by Gasteiger charge is -2.23. The predicted molar refractivity (Wildman–Crippen MR) is 68.5 cm³/mol. The molecule has 3 rings (SSSR count). The summed E-state index contributed by atoms with van der Waals surface area (Å²) in [6.07, 6.45) is 4.08. The van der Waals surface area contributed by atoms with E-state index in [-0.39, 0.29) is 0 Å². The van der Waals surface area contributed by atoms with E-state index in [9.17, 15) is 0 Å². The molecular weight excluding hydrogens is 212 g/mol. The first kappa shape index (κ1) is 11.1. The molecule has 1 aromatic carbocycles. The lowest BCUT2D eigenvalue weighted by Crippen LogP contribution is -2.28. The molecule has 17 heavy (non-hydrogen) atoms. The van der Waals surface area contributed by atoms with Crippen molar-refractivity contribution in [2.45, 2.75) is 44.5 Å². The molecular formula is C14H20N2O. The van der Waals surface area contributed by atoms with Crippen LogP contribution in [0.2, 0.25) is 0 Å². The van der Waals surface area contributed by atoms with E-state index in [1.54, 1.807) is 0 Å². The second kappa shape index (κ2) is 4.31. The first-order valence-corrected chi connectivity index (χ1v) is 6.41. The first-order chi connectivity index (χ1) is 8.28. The van der Waals surface area contributed by atoms with Crippen LogP contribution in [0.5, 0.6) is 0 Å². The summed E-state index contributed by atoms with van der Waals surface area (Å²) in [6, 6.07) is 6.94. The topological polar surface area (TPSA) is 38.5 Å². The van der Waals surface area contributed by atoms with Gasteiger partial charge >= 0.3 is 0 Å². The third-order valence-electron chi connectivity index (χ3n) is 4.25. The molecule has 2 aliphatic rings. The molecule has 1 aromatic rings. The van der Waals surface area contributed by atoms with Gasteiger partial charge in [-0.3, -0.25) is 4.90 Å². The molecule has 1 heterocycles. The minimum atomic E-state index is 0.459. The van der Waals surface area contributed by atoms with Crippen molar-refractivity contribution in [3.63, 3.8) is 0 Å². The fourth-order valence-electron chi connectivity index (χ4n) is 3.19. The third kappa shape index (κ3) is 1.94. The maximum absolute atomic E-state index is 6.03. The number of benzene rings is 1. The Bertz CT molecular complexity index is 419. The van der Waals surface area contributed by atoms with Crippen LogP contribution in [0.4, 0.5) is 5.69 Å². The molecule has 2 unspecified atom stereocenters. The SMILES string of the molecule is COC1CCC(N2Cc3cccc(N)c3C2)C1. The van der Waals surface area contributed by atoms with Crippen LogP contribution in [-0.4, -0.2) is 24.2 Å². The zero-order valence-electron chi connectivity index (χ0n) is 10.4. The van der Waals surface area contributed by atoms with Crippen molar-refractivity contribution in [1.29, 1.82) is 0 Å². The molecule has 92 valence electrons. The van der Waals surface area contributed by atoms with Crippen LogP contribution < -0.4 is 5.73 Å². The Morgan fingerprint density at radius 2 is 2.18 bits per heavy atom. The average Bonchev–Trinajstić information content (AvgIpc) is 2.95. The van der Waals surface area contributed by atoms with Gasteiger partial charge in [0, 0.05) is 31.9 Å². The Morgan fingerprint density at radius 1 is 1.29 bits per heavy atom. The summed E-state index contributed by atoms with van der Waals surface area (Å²) >= 11 is 0. The van der Waals surface area contributed by atoms with Crippen LogP contribution >= 0.6 is 0 Å². The van der Waals surface area contributed by atoms with Gasteiger partial charge in [0.05, 0.1) is 6.10 Å². The minimum Gasteiger partial charge on any atom is -0.398 e. The van der Waals surface area contributed by atoms with Gasteiger partial charge in [0.25, 0.3) is 0 Å². The molecule has 2 N–H and O–H groups in total. The Hall–Kier alpha value is -1.06. The molecule has 2 atom stereocenters. The summed E-state index contributed by atoms with van der Waals surface area (Å²) in [6.45, 7) is 2.07. The summed E-state index contributed by atoms with van der Waals surface area (Å²) in [5.74, 6) is 0. The van der Waals surface area contributed by atoms with Gasteiger partial charge in [0.2, 0.25) is 0 Å². The maximum Gasteiger partial charge on any atom is 0.0586 e. The maximum atomic E-state index is 6.03. The highest BCUT2D eigenvalue weighted by atomic mass is 16.5. The zero-order valence-corrected chi connectivity index (χ0v) is 10.4. The number of nitrogens with two attached hydrogens (primary N) is 1. The summed E-state index contributed by atoms with van der Waals surface area (Å²) in [5.41, 5.74) is 9.73. The van der Waals surface area contributed by atoms with Gasteiger partial charge in [-0.2, -0.15) is 0 Å². The Labute approximate surface area is 103 Å². The number of nitrogen functional groups attached to an aromatic ring is 1. The molecule has 1 aliphatic carbocycles. The molecule has 0 spiro atoms. The average molecular weight is 232 g/mol. The quantitative estimate of drug-likeness (QED) is 0.794. The fraction of sp³-hybridized carbons (Fsp3) is 0.571. The smallest absolute Gasteiger partial charge is 0.0586 e. The number of rotatable bonds is 2. The van der Waals surface area contributed by atoms with E-state index >= 15 is 0 Å². The highest BCUT2D eigenvalue weighted by molar-refractivity contribution is 5.52. The van der Waals surface area contributed by atoms with Crippen molar-refractivity contribution < 1.29 is 4.74 Å². The number of ether oxygens (including phenoxy) is 1. The van der Waals surface area contributed by atoms with Gasteiger partial charge in [0.15, 0.2) is 0 Å². The zero-order chi connectivity index (χ0) is 11.8. The van der Waals surface area contributed by atoms with Crippen molar-refractivity contribution in [2.24, 2.45) is 0 Å². The van der Waals surface area contributed by atoms with E-state index < -0.39 is 0 Å². The van der Waals surface area contributed by atoms with Crippen molar-refractivity contribution in [1.82, 2.24) is 4.90 Å². The summed E-state index contributed by atoms with van der Waals surface area (Å²) in [7, 11) is 1.82. The van der Waals surface area contributed by atoms with E-state index in [1.807, 2.05) is 13.2 Å². The molecule has 3 nitrogen and oxygen atoms in total. The number of methoxy groups -OCH3 is 1. The van der Waals surface area contributed by atoms with Gasteiger partial charge in [-0.05, 0) is 36.5 Å². The first-order valence-electron chi connectivity index (χ1n) is 6.41. The van der Waals surface area contributed by atoms with Crippen LogP contribution in [0.25, 0.3) is 0 Å².